The fraction of sp³-hybridized carbons (Fsp3) is 0.304. The second kappa shape index (κ2) is 8.63. The van der Waals surface area contributed by atoms with Gasteiger partial charge in [-0.3, -0.25) is 4.90 Å². The van der Waals surface area contributed by atoms with E-state index in [2.05, 4.69) is 41.3 Å². The summed E-state index contributed by atoms with van der Waals surface area (Å²) in [6.45, 7) is 3.06. The molecular weight excluding hydrogens is 400 g/mol. The van der Waals surface area contributed by atoms with E-state index >= 15 is 0 Å². The highest BCUT2D eigenvalue weighted by molar-refractivity contribution is 7.89. The molecule has 1 aliphatic heterocycles. The quantitative estimate of drug-likeness (QED) is 0.605. The highest BCUT2D eigenvalue weighted by Gasteiger charge is 2.31. The molecule has 0 radical (unpaired) electrons. The minimum atomic E-state index is -3.63. The fourth-order valence-electron chi connectivity index (χ4n) is 3.93. The number of hydrogen-bond donors (Lipinski definition) is 0. The third-order valence-corrected chi connectivity index (χ3v) is 7.53. The van der Waals surface area contributed by atoms with Crippen LogP contribution in [0.25, 0.3) is 10.8 Å². The van der Waals surface area contributed by atoms with Gasteiger partial charge in [0.25, 0.3) is 0 Å². The zero-order valence-electron chi connectivity index (χ0n) is 17.2. The first-order chi connectivity index (χ1) is 14.5. The number of fused-ring (bicyclic) bond motifs is 1. The Morgan fingerprint density at radius 3 is 2.33 bits per heavy atom. The molecule has 0 saturated carbocycles. The molecule has 7 heteroatoms. The molecule has 1 heterocycles. The van der Waals surface area contributed by atoms with Crippen molar-refractivity contribution < 1.29 is 17.9 Å². The lowest BCUT2D eigenvalue weighted by atomic mass is 10.0. The largest absolute Gasteiger partial charge is 0.497 e. The van der Waals surface area contributed by atoms with Crippen molar-refractivity contribution in [3.63, 3.8) is 0 Å². The van der Waals surface area contributed by atoms with Crippen LogP contribution in [-0.2, 0) is 16.6 Å². The summed E-state index contributed by atoms with van der Waals surface area (Å²) in [7, 11) is -0.627. The molecule has 0 amide bonds. The normalized spacial score (nSPS) is 15.9. The molecule has 1 fully saturated rings. The lowest BCUT2D eigenvalue weighted by molar-refractivity contribution is 0.182. The van der Waals surface area contributed by atoms with Crippen LogP contribution in [0, 0.1) is 0 Å². The molecule has 158 valence electrons. The molecule has 0 spiro atoms. The topological polar surface area (TPSA) is 59.1 Å². The van der Waals surface area contributed by atoms with Crippen LogP contribution in [0.3, 0.4) is 0 Å². The van der Waals surface area contributed by atoms with Crippen LogP contribution in [0.4, 0.5) is 0 Å². The molecule has 0 N–H and O–H groups in total. The molecule has 3 aromatic carbocycles. The predicted molar refractivity (Wildman–Crippen MR) is 118 cm³/mol. The third-order valence-electron chi connectivity index (χ3n) is 5.59. The van der Waals surface area contributed by atoms with Gasteiger partial charge in [0.2, 0.25) is 10.0 Å². The average Bonchev–Trinajstić information content (AvgIpc) is 2.79. The molecule has 30 heavy (non-hydrogen) atoms. The van der Waals surface area contributed by atoms with Crippen molar-refractivity contribution in [2.75, 3.05) is 40.4 Å². The van der Waals surface area contributed by atoms with E-state index in [1.165, 1.54) is 34.9 Å². The second-order valence-electron chi connectivity index (χ2n) is 7.34. The van der Waals surface area contributed by atoms with Gasteiger partial charge in [0.05, 0.1) is 14.2 Å². The number of piperazine rings is 1. The Balaban J connectivity index is 1.48. The summed E-state index contributed by atoms with van der Waals surface area (Å²) in [4.78, 5) is 2.48. The van der Waals surface area contributed by atoms with Crippen molar-refractivity contribution in [1.82, 2.24) is 9.21 Å². The summed E-state index contributed by atoms with van der Waals surface area (Å²) in [6.07, 6.45) is 0. The first kappa shape index (κ1) is 20.7. The highest BCUT2D eigenvalue weighted by Crippen LogP contribution is 2.31. The summed E-state index contributed by atoms with van der Waals surface area (Å²) in [5.41, 5.74) is 1.27. The molecular formula is C23H26N2O4S. The SMILES string of the molecule is COc1ccc(S(=O)(=O)N2CCN(Cc3cccc4ccccc34)CC2)c(OC)c1. The van der Waals surface area contributed by atoms with E-state index in [1.807, 2.05) is 6.07 Å². The Morgan fingerprint density at radius 2 is 1.60 bits per heavy atom. The lowest BCUT2D eigenvalue weighted by Gasteiger charge is -2.34. The first-order valence-electron chi connectivity index (χ1n) is 9.94. The molecule has 0 aliphatic carbocycles. The van der Waals surface area contributed by atoms with Crippen LogP contribution in [-0.4, -0.2) is 58.0 Å². The molecule has 3 aromatic rings. The van der Waals surface area contributed by atoms with Gasteiger partial charge in [0, 0.05) is 38.8 Å². The van der Waals surface area contributed by atoms with Crippen molar-refractivity contribution >= 4 is 20.8 Å². The van der Waals surface area contributed by atoms with Crippen LogP contribution < -0.4 is 9.47 Å². The number of methoxy groups -OCH3 is 2. The summed E-state index contributed by atoms with van der Waals surface area (Å²) >= 11 is 0. The summed E-state index contributed by atoms with van der Waals surface area (Å²) in [5, 5.41) is 2.47. The molecule has 4 rings (SSSR count). The van der Waals surface area contributed by atoms with Crippen LogP contribution in [0.5, 0.6) is 11.5 Å². The summed E-state index contributed by atoms with van der Waals surface area (Å²) in [5.74, 6) is 0.859. The van der Waals surface area contributed by atoms with Gasteiger partial charge in [-0.05, 0) is 28.5 Å². The Labute approximate surface area is 177 Å². The van der Waals surface area contributed by atoms with Crippen LogP contribution in [0.1, 0.15) is 5.56 Å². The molecule has 0 atom stereocenters. The number of sulfonamides is 1. The first-order valence-corrected chi connectivity index (χ1v) is 11.4. The second-order valence-corrected chi connectivity index (χ2v) is 9.24. The maximum Gasteiger partial charge on any atom is 0.246 e. The van der Waals surface area contributed by atoms with Crippen molar-refractivity contribution in [3.05, 3.63) is 66.2 Å². The molecule has 1 aliphatic rings. The maximum atomic E-state index is 13.2. The van der Waals surface area contributed by atoms with E-state index in [1.54, 1.807) is 18.2 Å². The standard InChI is InChI=1S/C23H26N2O4S/c1-28-20-10-11-23(22(16-20)29-2)30(26,27)25-14-12-24(13-15-25)17-19-8-5-7-18-6-3-4-9-21(18)19/h3-11,16H,12-15,17H2,1-2H3. The fourth-order valence-corrected chi connectivity index (χ4v) is 5.49. The minimum Gasteiger partial charge on any atom is -0.497 e. The number of nitrogens with zero attached hydrogens (tertiary/aromatic N) is 2. The highest BCUT2D eigenvalue weighted by atomic mass is 32.2. The van der Waals surface area contributed by atoms with Crippen LogP contribution in [0.2, 0.25) is 0 Å². The van der Waals surface area contributed by atoms with Gasteiger partial charge < -0.3 is 9.47 Å². The van der Waals surface area contributed by atoms with E-state index < -0.39 is 10.0 Å². The van der Waals surface area contributed by atoms with Crippen LogP contribution >= 0.6 is 0 Å². The lowest BCUT2D eigenvalue weighted by Crippen LogP contribution is -2.48. The number of hydrogen-bond acceptors (Lipinski definition) is 5. The Bertz CT molecular complexity index is 1130. The molecule has 0 aromatic heterocycles. The molecule has 1 saturated heterocycles. The maximum absolute atomic E-state index is 13.2. The zero-order chi connectivity index (χ0) is 21.1. The van der Waals surface area contributed by atoms with E-state index in [0.717, 1.165) is 6.54 Å². The summed E-state index contributed by atoms with van der Waals surface area (Å²) in [6, 6.07) is 19.5. The van der Waals surface area contributed by atoms with Gasteiger partial charge in [0.1, 0.15) is 16.4 Å². The van der Waals surface area contributed by atoms with Gasteiger partial charge in [-0.2, -0.15) is 4.31 Å². The third kappa shape index (κ3) is 4.01. The van der Waals surface area contributed by atoms with E-state index in [0.29, 0.717) is 37.7 Å². The number of ether oxygens (including phenoxy) is 2. The monoisotopic (exact) mass is 426 g/mol. The molecule has 6 nitrogen and oxygen atoms in total. The average molecular weight is 427 g/mol. The van der Waals surface area contributed by atoms with Gasteiger partial charge in [-0.25, -0.2) is 8.42 Å². The smallest absolute Gasteiger partial charge is 0.246 e. The van der Waals surface area contributed by atoms with Gasteiger partial charge in [-0.15, -0.1) is 0 Å². The Morgan fingerprint density at radius 1 is 0.867 bits per heavy atom. The number of benzene rings is 3. The van der Waals surface area contributed by atoms with Crippen molar-refractivity contribution in [1.29, 1.82) is 0 Å². The summed E-state index contributed by atoms with van der Waals surface area (Å²) < 4.78 is 38.4. The van der Waals surface area contributed by atoms with Gasteiger partial charge in [0.15, 0.2) is 0 Å². The molecule has 0 unspecified atom stereocenters. The van der Waals surface area contributed by atoms with Crippen molar-refractivity contribution in [3.8, 4) is 11.5 Å². The van der Waals surface area contributed by atoms with Crippen molar-refractivity contribution in [2.45, 2.75) is 11.4 Å². The van der Waals surface area contributed by atoms with Gasteiger partial charge >= 0.3 is 0 Å². The van der Waals surface area contributed by atoms with E-state index in [-0.39, 0.29) is 4.90 Å². The Kier molecular flexibility index (Phi) is 5.94. The van der Waals surface area contributed by atoms with Crippen molar-refractivity contribution in [2.24, 2.45) is 0 Å². The van der Waals surface area contributed by atoms with Crippen LogP contribution in [0.15, 0.2) is 65.6 Å². The molecule has 0 bridgehead atoms. The minimum absolute atomic E-state index is 0.174. The van der Waals surface area contributed by atoms with E-state index in [4.69, 9.17) is 9.47 Å². The predicted octanol–water partition coefficient (Wildman–Crippen LogP) is 3.36. The zero-order valence-corrected chi connectivity index (χ0v) is 18.1. The van der Waals surface area contributed by atoms with E-state index in [9.17, 15) is 8.42 Å². The number of rotatable bonds is 6. The Hall–Kier alpha value is -2.61. The van der Waals surface area contributed by atoms with Gasteiger partial charge in [-0.1, -0.05) is 42.5 Å².